The van der Waals surface area contributed by atoms with Crippen molar-refractivity contribution < 1.29 is 23.4 Å². The lowest BCUT2D eigenvalue weighted by Gasteiger charge is -2.19. The van der Waals surface area contributed by atoms with Crippen molar-refractivity contribution >= 4 is 5.97 Å². The van der Waals surface area contributed by atoms with Crippen molar-refractivity contribution in [1.29, 1.82) is 0 Å². The molecule has 0 saturated carbocycles. The lowest BCUT2D eigenvalue weighted by Crippen LogP contribution is -2.44. The molecule has 10 heavy (non-hydrogen) atoms. The van der Waals surface area contributed by atoms with Crippen LogP contribution in [0.3, 0.4) is 0 Å². The van der Waals surface area contributed by atoms with E-state index in [9.17, 15) is 18.7 Å². The smallest absolute Gasteiger partial charge is 0.397 e. The first-order valence-corrected chi connectivity index (χ1v) is 2.63. The summed E-state index contributed by atoms with van der Waals surface area (Å²) in [5.41, 5.74) is 0. The predicted molar refractivity (Wildman–Crippen MR) is 26.2 cm³/mol. The number of rotatable bonds is 3. The molecule has 0 saturated heterocycles. The molecular formula is C5H7F2O3-. The zero-order valence-electron chi connectivity index (χ0n) is 5.56. The molecule has 0 amide bonds. The van der Waals surface area contributed by atoms with E-state index in [1.54, 1.807) is 0 Å². The van der Waals surface area contributed by atoms with Crippen molar-refractivity contribution in [2.75, 3.05) is 0 Å². The maximum Gasteiger partial charge on any atom is 0.397 e. The molecule has 0 unspecified atom stereocenters. The first-order chi connectivity index (χ1) is 4.36. The monoisotopic (exact) mass is 153 g/mol. The Hall–Kier alpha value is -0.710. The van der Waals surface area contributed by atoms with Crippen LogP contribution in [0.2, 0.25) is 0 Å². The molecule has 60 valence electrons. The van der Waals surface area contributed by atoms with Gasteiger partial charge >= 0.3 is 6.11 Å². The van der Waals surface area contributed by atoms with Crippen LogP contribution < -0.4 is 5.11 Å². The summed E-state index contributed by atoms with van der Waals surface area (Å²) in [4.78, 5) is 9.57. The van der Waals surface area contributed by atoms with E-state index in [1.807, 2.05) is 0 Å². The highest BCUT2D eigenvalue weighted by Crippen LogP contribution is 2.15. The first kappa shape index (κ1) is 9.29. The van der Waals surface area contributed by atoms with Crippen LogP contribution in [0.4, 0.5) is 8.78 Å². The third kappa shape index (κ3) is 2.72. The summed E-state index contributed by atoms with van der Waals surface area (Å²) in [5, 5.41) is 9.57. The zero-order chi connectivity index (χ0) is 8.36. The Morgan fingerprint density at radius 3 is 2.10 bits per heavy atom. The summed E-state index contributed by atoms with van der Waals surface area (Å²) < 4.78 is 27.5. The average Bonchev–Trinajstić information content (AvgIpc) is 1.60. The Bertz CT molecular complexity index is 133. The minimum atomic E-state index is -4.17. The number of carboxylic acid groups (broad SMARTS) is 1. The van der Waals surface area contributed by atoms with Gasteiger partial charge in [-0.15, -0.1) is 0 Å². The highest BCUT2D eigenvalue weighted by Gasteiger charge is 2.33. The molecule has 0 radical (unpaired) electrons. The van der Waals surface area contributed by atoms with E-state index in [0.29, 0.717) is 0 Å². The molecule has 0 atom stereocenters. The van der Waals surface area contributed by atoms with Gasteiger partial charge in [0.1, 0.15) is 5.97 Å². The third-order valence-corrected chi connectivity index (χ3v) is 0.621. The molecule has 0 rings (SSSR count). The number of carboxylic acids is 1. The lowest BCUT2D eigenvalue weighted by atomic mass is 10.5. The van der Waals surface area contributed by atoms with Gasteiger partial charge in [-0.3, -0.25) is 0 Å². The number of alkyl halides is 2. The van der Waals surface area contributed by atoms with Gasteiger partial charge < -0.3 is 14.6 Å². The molecule has 0 aromatic rings. The number of carbonyl (C=O) groups is 1. The maximum absolute atomic E-state index is 11.9. The molecule has 0 aliphatic heterocycles. The van der Waals surface area contributed by atoms with Crippen molar-refractivity contribution in [3.63, 3.8) is 0 Å². The fourth-order valence-electron chi connectivity index (χ4n) is 0.344. The van der Waals surface area contributed by atoms with Gasteiger partial charge in [0.2, 0.25) is 0 Å². The quantitative estimate of drug-likeness (QED) is 0.562. The molecule has 0 aliphatic rings. The molecule has 0 aromatic heterocycles. The summed E-state index contributed by atoms with van der Waals surface area (Å²) in [6.07, 6.45) is -5.01. The topological polar surface area (TPSA) is 49.4 Å². The molecule has 0 aromatic carbocycles. The highest BCUT2D eigenvalue weighted by molar-refractivity contribution is 5.71. The summed E-state index contributed by atoms with van der Waals surface area (Å²) in [7, 11) is 0. The van der Waals surface area contributed by atoms with Crippen molar-refractivity contribution in [3.05, 3.63) is 0 Å². The summed E-state index contributed by atoms with van der Waals surface area (Å²) in [6, 6.07) is 0. The van der Waals surface area contributed by atoms with Crippen LogP contribution in [0.15, 0.2) is 0 Å². The van der Waals surface area contributed by atoms with Crippen molar-refractivity contribution in [3.8, 4) is 0 Å². The molecule has 5 heteroatoms. The van der Waals surface area contributed by atoms with E-state index in [4.69, 9.17) is 0 Å². The highest BCUT2D eigenvalue weighted by atomic mass is 19.3. The van der Waals surface area contributed by atoms with E-state index in [-0.39, 0.29) is 0 Å². The van der Waals surface area contributed by atoms with Crippen molar-refractivity contribution in [2.24, 2.45) is 0 Å². The van der Waals surface area contributed by atoms with E-state index in [1.165, 1.54) is 13.8 Å². The van der Waals surface area contributed by atoms with Crippen molar-refractivity contribution in [1.82, 2.24) is 0 Å². The molecule has 0 heterocycles. The molecule has 0 spiro atoms. The number of halogens is 2. The predicted octanol–water partition coefficient (Wildman–Crippen LogP) is -0.246. The Kier molecular flexibility index (Phi) is 2.71. The van der Waals surface area contributed by atoms with Gasteiger partial charge in [0.15, 0.2) is 0 Å². The van der Waals surface area contributed by atoms with Gasteiger partial charge in [-0.25, -0.2) is 0 Å². The molecule has 3 nitrogen and oxygen atoms in total. The average molecular weight is 153 g/mol. The van der Waals surface area contributed by atoms with Gasteiger partial charge in [-0.2, -0.15) is 8.78 Å². The Labute approximate surface area is 56.6 Å². The standard InChI is InChI=1S/C5H8F2O3/c1-3(2)10-5(6,7)4(8)9/h3H,1-2H3,(H,8,9)/p-1. The van der Waals surface area contributed by atoms with E-state index < -0.39 is 18.2 Å². The fourth-order valence-corrected chi connectivity index (χ4v) is 0.344. The fraction of sp³-hybridized carbons (Fsp3) is 0.800. The van der Waals surface area contributed by atoms with Crippen LogP contribution in [0.25, 0.3) is 0 Å². The second-order valence-electron chi connectivity index (χ2n) is 1.97. The van der Waals surface area contributed by atoms with Crippen LogP contribution in [0.1, 0.15) is 13.8 Å². The summed E-state index contributed by atoms with van der Waals surface area (Å²) in [5.74, 6) is -2.51. The summed E-state index contributed by atoms with van der Waals surface area (Å²) >= 11 is 0. The van der Waals surface area contributed by atoms with Crippen LogP contribution in [0.5, 0.6) is 0 Å². The van der Waals surface area contributed by atoms with Crippen LogP contribution in [-0.4, -0.2) is 18.2 Å². The van der Waals surface area contributed by atoms with Gasteiger partial charge in [0.25, 0.3) is 0 Å². The molecule has 0 aliphatic carbocycles. The number of aliphatic carboxylic acids is 1. The van der Waals surface area contributed by atoms with E-state index >= 15 is 0 Å². The number of carbonyl (C=O) groups excluding carboxylic acids is 1. The van der Waals surface area contributed by atoms with Crippen LogP contribution in [0, 0.1) is 0 Å². The number of hydrogen-bond acceptors (Lipinski definition) is 3. The van der Waals surface area contributed by atoms with Gasteiger partial charge in [0.05, 0.1) is 6.10 Å². The van der Waals surface area contributed by atoms with Gasteiger partial charge in [-0.1, -0.05) is 0 Å². The summed E-state index contributed by atoms with van der Waals surface area (Å²) in [6.45, 7) is 2.60. The Morgan fingerprint density at radius 1 is 1.60 bits per heavy atom. The molecule has 0 fully saturated rings. The van der Waals surface area contributed by atoms with E-state index in [2.05, 4.69) is 4.74 Å². The van der Waals surface area contributed by atoms with Gasteiger partial charge in [-0.05, 0) is 13.8 Å². The van der Waals surface area contributed by atoms with Crippen LogP contribution in [-0.2, 0) is 9.53 Å². The largest absolute Gasteiger partial charge is 0.542 e. The minimum Gasteiger partial charge on any atom is -0.542 e. The first-order valence-electron chi connectivity index (χ1n) is 2.63. The number of ether oxygens (including phenoxy) is 1. The number of hydrogen-bond donors (Lipinski definition) is 0. The second kappa shape index (κ2) is 2.92. The van der Waals surface area contributed by atoms with E-state index in [0.717, 1.165) is 0 Å². The van der Waals surface area contributed by atoms with Gasteiger partial charge in [0, 0.05) is 0 Å². The second-order valence-corrected chi connectivity index (χ2v) is 1.97. The Balaban J connectivity index is 4.00. The minimum absolute atomic E-state index is 0.840. The maximum atomic E-state index is 11.9. The Morgan fingerprint density at radius 2 is 2.00 bits per heavy atom. The zero-order valence-corrected chi connectivity index (χ0v) is 5.56. The molecule has 0 bridgehead atoms. The van der Waals surface area contributed by atoms with Crippen LogP contribution >= 0.6 is 0 Å². The normalized spacial score (nSPS) is 12.1. The van der Waals surface area contributed by atoms with Crippen molar-refractivity contribution in [2.45, 2.75) is 26.1 Å². The SMILES string of the molecule is CC(C)OC(F)(F)C(=O)[O-]. The molecular weight excluding hydrogens is 146 g/mol. The lowest BCUT2D eigenvalue weighted by molar-refractivity contribution is -0.367. The third-order valence-electron chi connectivity index (χ3n) is 0.621. The molecule has 0 N–H and O–H groups in total.